The van der Waals surface area contributed by atoms with E-state index in [1.165, 1.54) is 0 Å². The van der Waals surface area contributed by atoms with Gasteiger partial charge in [0.1, 0.15) is 5.69 Å². The lowest BCUT2D eigenvalue weighted by molar-refractivity contribution is -0.129. The number of pyridine rings is 1. The maximum Gasteiger partial charge on any atom is 0.270 e. The Morgan fingerprint density at radius 3 is 2.68 bits per heavy atom. The molecule has 1 aliphatic heterocycles. The zero-order valence-electron chi connectivity index (χ0n) is 12.3. The van der Waals surface area contributed by atoms with E-state index < -0.39 is 5.54 Å². The van der Waals surface area contributed by atoms with Crippen LogP contribution in [0.15, 0.2) is 12.3 Å². The van der Waals surface area contributed by atoms with Gasteiger partial charge in [-0.2, -0.15) is 0 Å². The fourth-order valence-electron chi connectivity index (χ4n) is 2.53. The van der Waals surface area contributed by atoms with E-state index in [0.717, 1.165) is 18.4 Å². The van der Waals surface area contributed by atoms with Crippen molar-refractivity contribution in [2.24, 2.45) is 0 Å². The van der Waals surface area contributed by atoms with Crippen LogP contribution in [0, 0.1) is 0 Å². The number of hydrogen-bond donors (Lipinski definition) is 2. The van der Waals surface area contributed by atoms with Crippen molar-refractivity contribution in [2.75, 3.05) is 20.3 Å². The van der Waals surface area contributed by atoms with Gasteiger partial charge in [-0.3, -0.25) is 14.6 Å². The topological polar surface area (TPSA) is 80.3 Å². The monoisotopic (exact) mass is 323 g/mol. The van der Waals surface area contributed by atoms with Gasteiger partial charge in [0.15, 0.2) is 0 Å². The van der Waals surface area contributed by atoms with Crippen molar-refractivity contribution in [3.63, 3.8) is 0 Å². The van der Waals surface area contributed by atoms with Crippen molar-refractivity contribution in [2.45, 2.75) is 30.7 Å². The van der Waals surface area contributed by atoms with Crippen molar-refractivity contribution in [1.82, 2.24) is 15.6 Å². The molecule has 7 heteroatoms. The van der Waals surface area contributed by atoms with Crippen LogP contribution >= 0.6 is 11.6 Å². The van der Waals surface area contributed by atoms with Crippen LogP contribution in [-0.4, -0.2) is 42.6 Å². The summed E-state index contributed by atoms with van der Waals surface area (Å²) in [6, 6.07) is 1.59. The fraction of sp³-hybridized carbons (Fsp3) is 0.533. The van der Waals surface area contributed by atoms with E-state index in [1.807, 2.05) is 0 Å². The second-order valence-electron chi connectivity index (χ2n) is 5.94. The predicted octanol–water partition coefficient (Wildman–Crippen LogP) is 1.25. The summed E-state index contributed by atoms with van der Waals surface area (Å²) >= 11 is 6.23. The number of carbonyl (C=O) groups excluding carboxylic acids is 2. The van der Waals surface area contributed by atoms with Crippen LogP contribution in [0.4, 0.5) is 0 Å². The molecule has 2 aliphatic rings. The molecule has 0 radical (unpaired) electrons. The maximum absolute atomic E-state index is 12.4. The number of aromatic nitrogens is 1. The molecule has 2 amide bonds. The number of nitrogens with zero attached hydrogens (tertiary/aromatic N) is 1. The summed E-state index contributed by atoms with van der Waals surface area (Å²) in [7, 11) is 1.56. The van der Waals surface area contributed by atoms with Crippen LogP contribution in [0.1, 0.15) is 41.2 Å². The second-order valence-corrected chi connectivity index (χ2v) is 6.35. The second kappa shape index (κ2) is 5.85. The molecule has 2 N–H and O–H groups in total. The zero-order valence-corrected chi connectivity index (χ0v) is 13.1. The number of carbonyl (C=O) groups is 2. The highest BCUT2D eigenvalue weighted by Crippen LogP contribution is 2.42. The van der Waals surface area contributed by atoms with Crippen molar-refractivity contribution in [1.29, 1.82) is 0 Å². The SMILES string of the molecule is CNC(=O)CC1(NC(=O)c2cc(Cl)c(C3CC3)cn2)COC1. The van der Waals surface area contributed by atoms with Gasteiger partial charge >= 0.3 is 0 Å². The van der Waals surface area contributed by atoms with E-state index in [0.29, 0.717) is 24.2 Å². The highest BCUT2D eigenvalue weighted by atomic mass is 35.5. The van der Waals surface area contributed by atoms with Gasteiger partial charge in [0.25, 0.3) is 5.91 Å². The van der Waals surface area contributed by atoms with Crippen LogP contribution in [-0.2, 0) is 9.53 Å². The van der Waals surface area contributed by atoms with Gasteiger partial charge in [-0.15, -0.1) is 0 Å². The lowest BCUT2D eigenvalue weighted by Gasteiger charge is -2.41. The molecule has 1 aliphatic carbocycles. The molecule has 2 fully saturated rings. The van der Waals surface area contributed by atoms with Gasteiger partial charge in [0, 0.05) is 18.3 Å². The Labute approximate surface area is 133 Å². The van der Waals surface area contributed by atoms with Crippen LogP contribution in [0.2, 0.25) is 5.02 Å². The van der Waals surface area contributed by atoms with Crippen molar-refractivity contribution >= 4 is 23.4 Å². The smallest absolute Gasteiger partial charge is 0.270 e. The number of amides is 2. The molecular formula is C15H18ClN3O3. The van der Waals surface area contributed by atoms with Gasteiger partial charge in [-0.25, -0.2) is 0 Å². The number of rotatable bonds is 5. The first-order valence-corrected chi connectivity index (χ1v) is 7.67. The van der Waals surface area contributed by atoms with E-state index in [9.17, 15) is 9.59 Å². The molecule has 1 saturated carbocycles. The third kappa shape index (κ3) is 3.08. The molecule has 118 valence electrons. The van der Waals surface area contributed by atoms with Gasteiger partial charge < -0.3 is 15.4 Å². The molecule has 0 aromatic carbocycles. The molecule has 3 rings (SSSR count). The number of halogens is 1. The minimum absolute atomic E-state index is 0.140. The third-order valence-electron chi connectivity index (χ3n) is 4.04. The molecule has 6 nitrogen and oxygen atoms in total. The Balaban J connectivity index is 1.70. The van der Waals surface area contributed by atoms with E-state index in [4.69, 9.17) is 16.3 Å². The Hall–Kier alpha value is -1.66. The minimum Gasteiger partial charge on any atom is -0.376 e. The molecule has 1 aromatic heterocycles. The van der Waals surface area contributed by atoms with Gasteiger partial charge in [0.05, 0.1) is 25.2 Å². The lowest BCUT2D eigenvalue weighted by Crippen LogP contribution is -2.63. The van der Waals surface area contributed by atoms with Gasteiger partial charge in [-0.1, -0.05) is 11.6 Å². The van der Waals surface area contributed by atoms with E-state index in [1.54, 1.807) is 19.3 Å². The number of ether oxygens (including phenoxy) is 1. The summed E-state index contributed by atoms with van der Waals surface area (Å²) < 4.78 is 5.16. The standard InChI is InChI=1S/C15H18ClN3O3/c1-17-13(20)5-15(7-22-8-15)19-14(21)12-4-11(16)10(6-18-12)9-2-3-9/h4,6,9H,2-3,5,7-8H2,1H3,(H,17,20)(H,19,21). The van der Waals surface area contributed by atoms with Crippen LogP contribution in [0.5, 0.6) is 0 Å². The Morgan fingerprint density at radius 1 is 1.45 bits per heavy atom. The molecule has 1 aromatic rings. The van der Waals surface area contributed by atoms with Crippen LogP contribution in [0.3, 0.4) is 0 Å². The Kier molecular flexibility index (Phi) is 4.06. The van der Waals surface area contributed by atoms with Crippen molar-refractivity contribution in [3.05, 3.63) is 28.5 Å². The first-order valence-electron chi connectivity index (χ1n) is 7.29. The molecule has 0 spiro atoms. The molecule has 0 unspecified atom stereocenters. The first-order chi connectivity index (χ1) is 10.5. The zero-order chi connectivity index (χ0) is 15.7. The Morgan fingerprint density at radius 2 is 2.18 bits per heavy atom. The maximum atomic E-state index is 12.4. The van der Waals surface area contributed by atoms with Crippen molar-refractivity contribution in [3.8, 4) is 0 Å². The highest BCUT2D eigenvalue weighted by molar-refractivity contribution is 6.31. The molecule has 0 bridgehead atoms. The molecule has 1 saturated heterocycles. The summed E-state index contributed by atoms with van der Waals surface area (Å²) in [5.41, 5.74) is 0.614. The first kappa shape index (κ1) is 15.2. The average molecular weight is 324 g/mol. The number of hydrogen-bond acceptors (Lipinski definition) is 4. The molecule has 22 heavy (non-hydrogen) atoms. The highest BCUT2D eigenvalue weighted by Gasteiger charge is 2.42. The van der Waals surface area contributed by atoms with E-state index >= 15 is 0 Å². The summed E-state index contributed by atoms with van der Waals surface area (Å²) in [5, 5.41) is 5.99. The van der Waals surface area contributed by atoms with Gasteiger partial charge in [-0.05, 0) is 30.4 Å². The lowest BCUT2D eigenvalue weighted by atomic mass is 9.92. The molecular weight excluding hydrogens is 306 g/mol. The van der Waals surface area contributed by atoms with E-state index in [2.05, 4.69) is 15.6 Å². The quantitative estimate of drug-likeness (QED) is 0.854. The van der Waals surface area contributed by atoms with Crippen molar-refractivity contribution < 1.29 is 14.3 Å². The largest absolute Gasteiger partial charge is 0.376 e. The summed E-state index contributed by atoms with van der Waals surface area (Å²) in [6.45, 7) is 0.639. The number of nitrogens with one attached hydrogen (secondary N) is 2. The summed E-state index contributed by atoms with van der Waals surface area (Å²) in [6.07, 6.45) is 4.11. The summed E-state index contributed by atoms with van der Waals surface area (Å²) in [4.78, 5) is 28.1. The van der Waals surface area contributed by atoms with Crippen LogP contribution < -0.4 is 10.6 Å². The minimum atomic E-state index is -0.652. The average Bonchev–Trinajstić information content (AvgIpc) is 3.29. The van der Waals surface area contributed by atoms with E-state index in [-0.39, 0.29) is 23.9 Å². The summed E-state index contributed by atoms with van der Waals surface area (Å²) in [5.74, 6) is 0.00635. The predicted molar refractivity (Wildman–Crippen MR) is 80.9 cm³/mol. The fourth-order valence-corrected chi connectivity index (χ4v) is 2.83. The third-order valence-corrected chi connectivity index (χ3v) is 4.37. The normalized spacial score (nSPS) is 19.2. The molecule has 0 atom stereocenters. The molecule has 2 heterocycles. The van der Waals surface area contributed by atoms with Gasteiger partial charge in [0.2, 0.25) is 5.91 Å². The Bertz CT molecular complexity index is 612. The van der Waals surface area contributed by atoms with Crippen LogP contribution in [0.25, 0.3) is 0 Å².